The molecule has 1 amide bonds. The first-order valence-electron chi connectivity index (χ1n) is 7.12. The highest BCUT2D eigenvalue weighted by Gasteiger charge is 2.30. The van der Waals surface area contributed by atoms with E-state index in [1.54, 1.807) is 42.7 Å². The zero-order chi connectivity index (χ0) is 16.4. The first kappa shape index (κ1) is 14.8. The van der Waals surface area contributed by atoms with E-state index in [1.807, 2.05) is 13.0 Å². The second-order valence-corrected chi connectivity index (χ2v) is 5.01. The number of anilines is 1. The van der Waals surface area contributed by atoms with Crippen molar-refractivity contribution in [3.8, 4) is 11.3 Å². The van der Waals surface area contributed by atoms with Crippen LogP contribution in [0.3, 0.4) is 0 Å². The normalized spacial score (nSPS) is 14.6. The highest BCUT2D eigenvalue weighted by atomic mass is 16.2. The van der Waals surface area contributed by atoms with E-state index in [0.29, 0.717) is 17.8 Å². The van der Waals surface area contributed by atoms with Crippen molar-refractivity contribution in [3.05, 3.63) is 47.6 Å². The number of aliphatic imine (C=N–C) groups is 1. The molecule has 0 saturated heterocycles. The highest BCUT2D eigenvalue weighted by Crippen LogP contribution is 2.27. The van der Waals surface area contributed by atoms with Crippen LogP contribution >= 0.6 is 0 Å². The summed E-state index contributed by atoms with van der Waals surface area (Å²) in [5.41, 5.74) is 9.06. The molecule has 2 N–H and O–H groups in total. The molecule has 3 rings (SSSR count). The minimum absolute atomic E-state index is 0.0689. The van der Waals surface area contributed by atoms with Crippen LogP contribution in [0, 0.1) is 0 Å². The van der Waals surface area contributed by atoms with Crippen molar-refractivity contribution in [1.82, 2.24) is 19.9 Å². The van der Waals surface area contributed by atoms with Crippen molar-refractivity contribution >= 4 is 18.1 Å². The van der Waals surface area contributed by atoms with E-state index < -0.39 is 0 Å². The number of nitrogen functional groups attached to an aromatic ring is 1. The fourth-order valence-corrected chi connectivity index (χ4v) is 2.46. The van der Waals surface area contributed by atoms with E-state index in [0.717, 1.165) is 17.0 Å². The lowest BCUT2D eigenvalue weighted by Crippen LogP contribution is -2.23. The Balaban J connectivity index is 1.95. The molecule has 7 heteroatoms. The summed E-state index contributed by atoms with van der Waals surface area (Å²) in [6, 6.07) is 3.57. The lowest BCUT2D eigenvalue weighted by molar-refractivity contribution is 0.0834. The molecule has 0 saturated carbocycles. The van der Waals surface area contributed by atoms with E-state index in [2.05, 4.69) is 19.9 Å². The predicted octanol–water partition coefficient (Wildman–Crippen LogP) is 1.68. The highest BCUT2D eigenvalue weighted by molar-refractivity contribution is 6.02. The third-order valence-corrected chi connectivity index (χ3v) is 3.59. The van der Waals surface area contributed by atoms with Crippen LogP contribution < -0.4 is 5.73 Å². The number of nitrogens with zero attached hydrogens (tertiary/aromatic N) is 5. The number of carbonyl (C=O) groups excluding carboxylic acids is 1. The quantitative estimate of drug-likeness (QED) is 0.870. The maximum absolute atomic E-state index is 12.5. The molecule has 116 valence electrons. The van der Waals surface area contributed by atoms with Gasteiger partial charge in [0.1, 0.15) is 0 Å². The average molecular weight is 308 g/mol. The molecular weight excluding hydrogens is 292 g/mol. The van der Waals surface area contributed by atoms with Crippen molar-refractivity contribution in [1.29, 1.82) is 0 Å². The third kappa shape index (κ3) is 2.68. The number of rotatable bonds is 3. The van der Waals surface area contributed by atoms with E-state index in [4.69, 9.17) is 5.73 Å². The summed E-state index contributed by atoms with van der Waals surface area (Å²) < 4.78 is 0. The van der Waals surface area contributed by atoms with Gasteiger partial charge in [0.25, 0.3) is 5.91 Å². The third-order valence-electron chi connectivity index (χ3n) is 3.59. The Bertz CT molecular complexity index is 810. The lowest BCUT2D eigenvalue weighted by atomic mass is 10.1. The monoisotopic (exact) mass is 308 g/mol. The minimum Gasteiger partial charge on any atom is -0.368 e. The maximum Gasteiger partial charge on any atom is 0.260 e. The molecule has 0 spiro atoms. The molecular formula is C16H16N6O. The molecule has 0 aliphatic carbocycles. The zero-order valence-electron chi connectivity index (χ0n) is 12.9. The van der Waals surface area contributed by atoms with Crippen molar-refractivity contribution in [2.24, 2.45) is 4.99 Å². The zero-order valence-corrected chi connectivity index (χ0v) is 12.9. The van der Waals surface area contributed by atoms with Crippen LogP contribution in [-0.2, 0) is 6.54 Å². The van der Waals surface area contributed by atoms with Crippen LogP contribution in [0.25, 0.3) is 11.3 Å². The lowest BCUT2D eigenvalue weighted by Gasteiger charge is -2.15. The topological polar surface area (TPSA) is 97.4 Å². The number of fused-ring (bicyclic) bond motifs is 1. The second-order valence-electron chi connectivity index (χ2n) is 5.01. The summed E-state index contributed by atoms with van der Waals surface area (Å²) in [5.74, 6) is 0.147. The minimum atomic E-state index is -0.0689. The van der Waals surface area contributed by atoms with Crippen LogP contribution in [-0.4, -0.2) is 39.0 Å². The van der Waals surface area contributed by atoms with Crippen molar-refractivity contribution < 1.29 is 4.79 Å². The SMILES string of the molecule is C/C=C(\C=NC)N1Cc2nc(-c3cnc(N)nc3)ccc2C1=O. The number of carbonyl (C=O) groups is 1. The fraction of sp³-hybridized carbons (Fsp3) is 0.188. The van der Waals surface area contributed by atoms with Gasteiger partial charge < -0.3 is 10.6 Å². The van der Waals surface area contributed by atoms with Gasteiger partial charge in [0.15, 0.2) is 0 Å². The molecule has 0 unspecified atom stereocenters. The number of hydrogen-bond donors (Lipinski definition) is 1. The number of amides is 1. The summed E-state index contributed by atoms with van der Waals surface area (Å²) >= 11 is 0. The molecule has 0 bridgehead atoms. The first-order valence-corrected chi connectivity index (χ1v) is 7.12. The molecule has 0 atom stereocenters. The Kier molecular flexibility index (Phi) is 3.84. The predicted molar refractivity (Wildman–Crippen MR) is 87.7 cm³/mol. The van der Waals surface area contributed by atoms with Crippen molar-refractivity contribution in [2.75, 3.05) is 12.8 Å². The molecule has 7 nitrogen and oxygen atoms in total. The van der Waals surface area contributed by atoms with Gasteiger partial charge in [0.05, 0.1) is 29.2 Å². The Hall–Kier alpha value is -3.09. The summed E-state index contributed by atoms with van der Waals surface area (Å²) in [6.07, 6.45) is 6.75. The largest absolute Gasteiger partial charge is 0.368 e. The van der Waals surface area contributed by atoms with Gasteiger partial charge in [-0.2, -0.15) is 0 Å². The molecule has 23 heavy (non-hydrogen) atoms. The van der Waals surface area contributed by atoms with Crippen molar-refractivity contribution in [3.63, 3.8) is 0 Å². The van der Waals surface area contributed by atoms with Gasteiger partial charge >= 0.3 is 0 Å². The summed E-state index contributed by atoms with van der Waals surface area (Å²) in [6.45, 7) is 2.29. The van der Waals surface area contributed by atoms with Gasteiger partial charge in [-0.25, -0.2) is 15.0 Å². The van der Waals surface area contributed by atoms with Gasteiger partial charge in [-0.05, 0) is 19.1 Å². The van der Waals surface area contributed by atoms with Gasteiger partial charge in [0.2, 0.25) is 5.95 Å². The van der Waals surface area contributed by atoms with E-state index in [1.165, 1.54) is 0 Å². The Labute approximate surface area is 133 Å². The molecule has 2 aromatic heterocycles. The standard InChI is InChI=1S/C16H16N6O/c1-3-11(8-18-2)22-9-14-12(15(22)23)4-5-13(21-14)10-6-19-16(17)20-7-10/h3-8H,9H2,1-2H3,(H2,17,19,20)/b11-3+,18-8?. The molecule has 0 fully saturated rings. The molecule has 1 aliphatic rings. The molecule has 2 aromatic rings. The number of pyridine rings is 1. The van der Waals surface area contributed by atoms with Crippen LogP contribution in [0.1, 0.15) is 23.0 Å². The van der Waals surface area contributed by atoms with Gasteiger partial charge in [-0.1, -0.05) is 6.08 Å². The van der Waals surface area contributed by atoms with Gasteiger partial charge in [0, 0.05) is 31.2 Å². The van der Waals surface area contributed by atoms with E-state index in [9.17, 15) is 4.79 Å². The van der Waals surface area contributed by atoms with Crippen LogP contribution in [0.5, 0.6) is 0 Å². The van der Waals surface area contributed by atoms with Crippen LogP contribution in [0.4, 0.5) is 5.95 Å². The fourth-order valence-electron chi connectivity index (χ4n) is 2.46. The Morgan fingerprint density at radius 2 is 2.09 bits per heavy atom. The summed E-state index contributed by atoms with van der Waals surface area (Å²) in [7, 11) is 1.68. The molecule has 0 radical (unpaired) electrons. The van der Waals surface area contributed by atoms with E-state index >= 15 is 0 Å². The second kappa shape index (κ2) is 5.96. The maximum atomic E-state index is 12.5. The van der Waals surface area contributed by atoms with Crippen LogP contribution in [0.15, 0.2) is 41.3 Å². The average Bonchev–Trinajstić information content (AvgIpc) is 2.89. The molecule has 0 aromatic carbocycles. The van der Waals surface area contributed by atoms with Gasteiger partial charge in [-0.15, -0.1) is 0 Å². The molecule has 1 aliphatic heterocycles. The number of nitrogens with two attached hydrogens (primary N) is 1. The Morgan fingerprint density at radius 1 is 1.35 bits per heavy atom. The van der Waals surface area contributed by atoms with Gasteiger partial charge in [-0.3, -0.25) is 9.79 Å². The number of aromatic nitrogens is 3. The molecule has 3 heterocycles. The summed E-state index contributed by atoms with van der Waals surface area (Å²) in [4.78, 5) is 30.7. The van der Waals surface area contributed by atoms with Crippen LogP contribution in [0.2, 0.25) is 0 Å². The summed E-state index contributed by atoms with van der Waals surface area (Å²) in [5, 5.41) is 0. The smallest absolute Gasteiger partial charge is 0.260 e. The van der Waals surface area contributed by atoms with Crippen molar-refractivity contribution in [2.45, 2.75) is 13.5 Å². The number of allylic oxidation sites excluding steroid dienone is 2. The number of hydrogen-bond acceptors (Lipinski definition) is 6. The Morgan fingerprint density at radius 3 is 2.74 bits per heavy atom. The first-order chi connectivity index (χ1) is 11.1. The van der Waals surface area contributed by atoms with E-state index in [-0.39, 0.29) is 11.9 Å².